The van der Waals surface area contributed by atoms with Crippen molar-refractivity contribution in [2.75, 3.05) is 0 Å². The van der Waals surface area contributed by atoms with Gasteiger partial charge in [0, 0.05) is 27.2 Å². The van der Waals surface area contributed by atoms with Crippen molar-refractivity contribution in [3.8, 4) is 16.8 Å². The van der Waals surface area contributed by atoms with E-state index < -0.39 is 6.09 Å². The molecule has 0 bridgehead atoms. The van der Waals surface area contributed by atoms with Crippen LogP contribution < -0.4 is 0 Å². The summed E-state index contributed by atoms with van der Waals surface area (Å²) in [7, 11) is 0. The van der Waals surface area contributed by atoms with Crippen LogP contribution in [0.3, 0.4) is 0 Å². The molecular formula is C42H28N2O2. The minimum absolute atomic E-state index is 0.192. The van der Waals surface area contributed by atoms with Crippen LogP contribution in [0.2, 0.25) is 0 Å². The molecule has 4 nitrogen and oxygen atoms in total. The second kappa shape index (κ2) is 10.5. The van der Waals surface area contributed by atoms with Crippen LogP contribution in [0.25, 0.3) is 71.2 Å². The Morgan fingerprint density at radius 3 is 2.02 bits per heavy atom. The molecule has 0 fully saturated rings. The summed E-state index contributed by atoms with van der Waals surface area (Å²) >= 11 is 0. The molecule has 0 saturated heterocycles. The molecule has 0 aliphatic carbocycles. The third-order valence-electron chi connectivity index (χ3n) is 9.05. The summed E-state index contributed by atoms with van der Waals surface area (Å²) < 4.78 is 10.1. The van der Waals surface area contributed by atoms with Gasteiger partial charge in [-0.1, -0.05) is 121 Å². The summed E-state index contributed by atoms with van der Waals surface area (Å²) in [6.07, 6.45) is -0.402. The number of benzene rings is 7. The molecule has 46 heavy (non-hydrogen) atoms. The summed E-state index contributed by atoms with van der Waals surface area (Å²) in [5.74, 6) is 0. The Morgan fingerprint density at radius 2 is 1.22 bits per heavy atom. The van der Waals surface area contributed by atoms with Gasteiger partial charge in [0.1, 0.15) is 6.61 Å². The molecule has 0 saturated carbocycles. The Morgan fingerprint density at radius 1 is 0.522 bits per heavy atom. The van der Waals surface area contributed by atoms with Crippen molar-refractivity contribution in [3.63, 3.8) is 0 Å². The Kier molecular flexibility index (Phi) is 6.00. The summed E-state index contributed by atoms with van der Waals surface area (Å²) in [6, 6.07) is 54.3. The van der Waals surface area contributed by atoms with E-state index in [9.17, 15) is 4.79 Å². The van der Waals surface area contributed by atoms with Crippen LogP contribution in [-0.2, 0) is 11.3 Å². The highest BCUT2D eigenvalue weighted by molar-refractivity contribution is 6.27. The number of fused-ring (bicyclic) bond motifs is 8. The van der Waals surface area contributed by atoms with Crippen molar-refractivity contribution < 1.29 is 9.53 Å². The molecule has 2 heterocycles. The average Bonchev–Trinajstić information content (AvgIpc) is 3.63. The van der Waals surface area contributed by atoms with E-state index in [2.05, 4.69) is 108 Å². The minimum atomic E-state index is -0.402. The first-order chi connectivity index (χ1) is 22.8. The van der Waals surface area contributed by atoms with Gasteiger partial charge in [0.2, 0.25) is 0 Å². The smallest absolute Gasteiger partial charge is 0.419 e. The molecule has 0 aliphatic heterocycles. The van der Waals surface area contributed by atoms with Gasteiger partial charge < -0.3 is 9.30 Å². The summed E-state index contributed by atoms with van der Waals surface area (Å²) in [5, 5.41) is 6.78. The maximum absolute atomic E-state index is 14.1. The number of carbonyl (C=O) groups is 1. The van der Waals surface area contributed by atoms with Crippen LogP contribution in [-0.4, -0.2) is 15.2 Å². The van der Waals surface area contributed by atoms with E-state index in [-0.39, 0.29) is 6.61 Å². The lowest BCUT2D eigenvalue weighted by Crippen LogP contribution is -2.13. The molecule has 4 heteroatoms. The van der Waals surface area contributed by atoms with E-state index in [1.54, 1.807) is 4.57 Å². The molecule has 0 N–H and O–H groups in total. The van der Waals surface area contributed by atoms with Gasteiger partial charge in [0.25, 0.3) is 0 Å². The number of hydrogen-bond acceptors (Lipinski definition) is 2. The van der Waals surface area contributed by atoms with Crippen molar-refractivity contribution in [1.29, 1.82) is 0 Å². The Labute approximate surface area is 265 Å². The van der Waals surface area contributed by atoms with E-state index in [0.717, 1.165) is 60.6 Å². The van der Waals surface area contributed by atoms with Gasteiger partial charge in [0.05, 0.1) is 22.1 Å². The molecule has 0 atom stereocenters. The summed E-state index contributed by atoms with van der Waals surface area (Å²) in [5.41, 5.74) is 7.98. The van der Waals surface area contributed by atoms with E-state index in [0.29, 0.717) is 0 Å². The predicted molar refractivity (Wildman–Crippen MR) is 189 cm³/mol. The quantitative estimate of drug-likeness (QED) is 0.204. The Balaban J connectivity index is 1.41. The highest BCUT2D eigenvalue weighted by Gasteiger charge is 2.23. The fourth-order valence-electron chi connectivity index (χ4n) is 7.04. The van der Waals surface area contributed by atoms with Gasteiger partial charge in [-0.2, -0.15) is 0 Å². The molecule has 218 valence electrons. The second-order valence-electron chi connectivity index (χ2n) is 11.7. The number of nitrogens with zero attached hydrogens (tertiary/aromatic N) is 2. The van der Waals surface area contributed by atoms with Crippen LogP contribution in [0, 0.1) is 0 Å². The summed E-state index contributed by atoms with van der Waals surface area (Å²) in [6.45, 7) is 0.192. The molecule has 0 unspecified atom stereocenters. The monoisotopic (exact) mass is 592 g/mol. The number of hydrogen-bond donors (Lipinski definition) is 0. The van der Waals surface area contributed by atoms with E-state index in [1.165, 1.54) is 16.2 Å². The molecular weight excluding hydrogens is 564 g/mol. The Hall–Kier alpha value is -6.13. The number of rotatable bonds is 4. The van der Waals surface area contributed by atoms with Gasteiger partial charge in [-0.25, -0.2) is 9.36 Å². The Bertz CT molecular complexity index is 2580. The van der Waals surface area contributed by atoms with E-state index in [4.69, 9.17) is 4.74 Å². The molecule has 9 aromatic rings. The topological polar surface area (TPSA) is 36.2 Å². The lowest BCUT2D eigenvalue weighted by Gasteiger charge is -2.10. The standard InChI is InChI=1S/C42H28N2O2/c45-42(46-27-28-13-4-1-5-14-28)44-36-22-12-21-33(29-15-6-2-7-16-29)40(36)35-25-34-38(26-39(35)44)43(31-18-8-3-9-19-31)37-24-23-30-17-10-11-20-32(30)41(34)37/h1-26H,27H2. The van der Waals surface area contributed by atoms with Gasteiger partial charge in [-0.15, -0.1) is 0 Å². The van der Waals surface area contributed by atoms with Gasteiger partial charge in [0.15, 0.2) is 0 Å². The third kappa shape index (κ3) is 4.04. The van der Waals surface area contributed by atoms with Crippen LogP contribution in [0.15, 0.2) is 158 Å². The first kappa shape index (κ1) is 26.3. The predicted octanol–water partition coefficient (Wildman–Crippen LogP) is 10.9. The highest BCUT2D eigenvalue weighted by Crippen LogP contribution is 2.43. The molecule has 0 aliphatic rings. The lowest BCUT2D eigenvalue weighted by atomic mass is 9.98. The molecule has 0 radical (unpaired) electrons. The fraction of sp³-hybridized carbons (Fsp3) is 0.0238. The lowest BCUT2D eigenvalue weighted by molar-refractivity contribution is 0.143. The minimum Gasteiger partial charge on any atom is -0.444 e. The largest absolute Gasteiger partial charge is 0.444 e. The van der Waals surface area contributed by atoms with Crippen LogP contribution in [0.4, 0.5) is 4.79 Å². The number of carbonyl (C=O) groups excluding carboxylic acids is 1. The zero-order chi connectivity index (χ0) is 30.6. The van der Waals surface area contributed by atoms with Gasteiger partial charge >= 0.3 is 6.09 Å². The zero-order valence-corrected chi connectivity index (χ0v) is 24.9. The molecule has 0 spiro atoms. The normalized spacial score (nSPS) is 11.7. The van der Waals surface area contributed by atoms with E-state index in [1.807, 2.05) is 54.6 Å². The number of para-hydroxylation sites is 1. The maximum Gasteiger partial charge on any atom is 0.419 e. The zero-order valence-electron chi connectivity index (χ0n) is 24.9. The van der Waals surface area contributed by atoms with Crippen molar-refractivity contribution in [1.82, 2.24) is 9.13 Å². The molecule has 7 aromatic carbocycles. The summed E-state index contributed by atoms with van der Waals surface area (Å²) in [4.78, 5) is 14.1. The van der Waals surface area contributed by atoms with Gasteiger partial charge in [-0.3, -0.25) is 0 Å². The van der Waals surface area contributed by atoms with Crippen molar-refractivity contribution >= 4 is 60.5 Å². The van der Waals surface area contributed by atoms with Crippen LogP contribution >= 0.6 is 0 Å². The fourth-order valence-corrected chi connectivity index (χ4v) is 7.04. The maximum atomic E-state index is 14.1. The van der Waals surface area contributed by atoms with Crippen molar-refractivity contribution in [2.24, 2.45) is 0 Å². The first-order valence-corrected chi connectivity index (χ1v) is 15.5. The van der Waals surface area contributed by atoms with Crippen LogP contribution in [0.5, 0.6) is 0 Å². The van der Waals surface area contributed by atoms with Gasteiger partial charge in [-0.05, 0) is 63.9 Å². The second-order valence-corrected chi connectivity index (χ2v) is 11.7. The van der Waals surface area contributed by atoms with Crippen molar-refractivity contribution in [3.05, 3.63) is 163 Å². The average molecular weight is 593 g/mol. The van der Waals surface area contributed by atoms with Crippen LogP contribution in [0.1, 0.15) is 5.56 Å². The number of ether oxygens (including phenoxy) is 1. The first-order valence-electron chi connectivity index (χ1n) is 15.5. The molecule has 9 rings (SSSR count). The SMILES string of the molecule is O=C(OCc1ccccc1)n1c2cc3c(cc2c2c(-c4ccccc4)cccc21)c1c2ccccc2ccc1n3-c1ccccc1. The third-order valence-corrected chi connectivity index (χ3v) is 9.05. The number of aromatic nitrogens is 2. The molecule has 2 aromatic heterocycles. The van der Waals surface area contributed by atoms with E-state index >= 15 is 0 Å². The van der Waals surface area contributed by atoms with Crippen molar-refractivity contribution in [2.45, 2.75) is 6.61 Å². The molecule has 0 amide bonds. The highest BCUT2D eigenvalue weighted by atomic mass is 16.5.